The van der Waals surface area contributed by atoms with Crippen molar-refractivity contribution in [3.63, 3.8) is 0 Å². The van der Waals surface area contributed by atoms with Gasteiger partial charge in [0.25, 0.3) is 5.91 Å². The molecule has 184 valence electrons. The SMILES string of the molecule is CCN(Cc1ccccc1)S(=O)(=O)c1ccc(C(=O)Nc2c3c(nn2-c2ccccc2)CCC3)cc1. The van der Waals surface area contributed by atoms with Gasteiger partial charge in [-0.1, -0.05) is 55.5 Å². The maximum Gasteiger partial charge on any atom is 0.256 e. The van der Waals surface area contributed by atoms with Gasteiger partial charge in [0, 0.05) is 24.2 Å². The van der Waals surface area contributed by atoms with Crippen LogP contribution in [0.25, 0.3) is 5.69 Å². The summed E-state index contributed by atoms with van der Waals surface area (Å²) < 4.78 is 29.7. The first-order valence-electron chi connectivity index (χ1n) is 12.1. The lowest BCUT2D eigenvalue weighted by Gasteiger charge is -2.20. The minimum absolute atomic E-state index is 0.159. The second kappa shape index (κ2) is 10.1. The highest BCUT2D eigenvalue weighted by Gasteiger charge is 2.26. The number of hydrogen-bond donors (Lipinski definition) is 1. The molecule has 1 heterocycles. The minimum atomic E-state index is -3.70. The normalized spacial score (nSPS) is 13.1. The summed E-state index contributed by atoms with van der Waals surface area (Å²) in [7, 11) is -3.70. The Labute approximate surface area is 211 Å². The summed E-state index contributed by atoms with van der Waals surface area (Å²) >= 11 is 0. The smallest absolute Gasteiger partial charge is 0.256 e. The van der Waals surface area contributed by atoms with Crippen LogP contribution in [0.2, 0.25) is 0 Å². The van der Waals surface area contributed by atoms with E-state index in [4.69, 9.17) is 5.10 Å². The van der Waals surface area contributed by atoms with Crippen molar-refractivity contribution in [1.29, 1.82) is 0 Å². The van der Waals surface area contributed by atoms with Crippen LogP contribution in [0.15, 0.2) is 89.8 Å². The van der Waals surface area contributed by atoms with Crippen LogP contribution in [0.3, 0.4) is 0 Å². The molecule has 0 bridgehead atoms. The van der Waals surface area contributed by atoms with E-state index < -0.39 is 10.0 Å². The molecule has 8 heteroatoms. The summed E-state index contributed by atoms with van der Waals surface area (Å²) in [5, 5.41) is 7.77. The van der Waals surface area contributed by atoms with Crippen molar-refractivity contribution in [2.24, 2.45) is 0 Å². The van der Waals surface area contributed by atoms with Crippen molar-refractivity contribution in [3.05, 3.63) is 107 Å². The van der Waals surface area contributed by atoms with Gasteiger partial charge in [0.1, 0.15) is 5.82 Å². The van der Waals surface area contributed by atoms with Gasteiger partial charge in [0.15, 0.2) is 0 Å². The Balaban J connectivity index is 1.37. The Morgan fingerprint density at radius 2 is 1.61 bits per heavy atom. The fourth-order valence-electron chi connectivity index (χ4n) is 4.54. The largest absolute Gasteiger partial charge is 0.306 e. The predicted molar refractivity (Wildman–Crippen MR) is 140 cm³/mol. The lowest BCUT2D eigenvalue weighted by molar-refractivity contribution is 0.102. The van der Waals surface area contributed by atoms with E-state index in [-0.39, 0.29) is 17.3 Å². The van der Waals surface area contributed by atoms with Crippen LogP contribution in [0.5, 0.6) is 0 Å². The number of aryl methyl sites for hydroxylation is 1. The van der Waals surface area contributed by atoms with Crippen LogP contribution < -0.4 is 5.32 Å². The molecule has 36 heavy (non-hydrogen) atoms. The van der Waals surface area contributed by atoms with Crippen LogP contribution in [0, 0.1) is 0 Å². The maximum absolute atomic E-state index is 13.2. The number of hydrogen-bond acceptors (Lipinski definition) is 4. The molecule has 1 aliphatic carbocycles. The lowest BCUT2D eigenvalue weighted by Crippen LogP contribution is -2.30. The van der Waals surface area contributed by atoms with Crippen LogP contribution in [0.1, 0.15) is 40.5 Å². The highest BCUT2D eigenvalue weighted by Crippen LogP contribution is 2.31. The van der Waals surface area contributed by atoms with Gasteiger partial charge in [-0.2, -0.15) is 9.40 Å². The second-order valence-corrected chi connectivity index (χ2v) is 10.7. The third-order valence-corrected chi connectivity index (χ3v) is 8.38. The number of fused-ring (bicyclic) bond motifs is 1. The molecule has 0 saturated heterocycles. The highest BCUT2D eigenvalue weighted by molar-refractivity contribution is 7.89. The molecule has 0 spiro atoms. The number of rotatable bonds is 8. The van der Waals surface area contributed by atoms with Gasteiger partial charge >= 0.3 is 0 Å². The number of carbonyl (C=O) groups is 1. The monoisotopic (exact) mass is 500 g/mol. The topological polar surface area (TPSA) is 84.3 Å². The van der Waals surface area contributed by atoms with Crippen molar-refractivity contribution >= 4 is 21.7 Å². The highest BCUT2D eigenvalue weighted by atomic mass is 32.2. The first-order chi connectivity index (χ1) is 17.5. The van der Waals surface area contributed by atoms with Crippen LogP contribution in [-0.4, -0.2) is 35.0 Å². The predicted octanol–water partition coefficient (Wildman–Crippen LogP) is 4.82. The fourth-order valence-corrected chi connectivity index (χ4v) is 5.97. The Kier molecular flexibility index (Phi) is 6.71. The van der Waals surface area contributed by atoms with Crippen molar-refractivity contribution in [2.75, 3.05) is 11.9 Å². The minimum Gasteiger partial charge on any atom is -0.306 e. The van der Waals surface area contributed by atoms with E-state index in [0.29, 0.717) is 17.9 Å². The van der Waals surface area contributed by atoms with Crippen LogP contribution in [-0.2, 0) is 29.4 Å². The molecule has 4 aromatic rings. The standard InChI is InChI=1S/C28H28N4O3S/c1-2-31(20-21-10-5-3-6-11-21)36(34,35)24-18-16-22(17-19-24)28(33)29-27-25-14-9-15-26(25)30-32(27)23-12-7-4-8-13-23/h3-8,10-13,16-19H,2,9,14-15,20H2,1H3,(H,29,33). The van der Waals surface area contributed by atoms with E-state index in [9.17, 15) is 13.2 Å². The summed E-state index contributed by atoms with van der Waals surface area (Å²) in [6.07, 6.45) is 2.77. The molecule has 0 unspecified atom stereocenters. The summed E-state index contributed by atoms with van der Waals surface area (Å²) in [5.74, 6) is 0.373. The van der Waals surface area contributed by atoms with E-state index in [1.54, 1.807) is 16.8 Å². The fraction of sp³-hybridized carbons (Fsp3) is 0.214. The summed E-state index contributed by atoms with van der Waals surface area (Å²) in [4.78, 5) is 13.3. The van der Waals surface area contributed by atoms with E-state index in [0.717, 1.165) is 41.8 Å². The van der Waals surface area contributed by atoms with E-state index in [1.165, 1.54) is 16.4 Å². The molecule has 5 rings (SSSR count). The molecule has 0 aliphatic heterocycles. The van der Waals surface area contributed by atoms with Gasteiger partial charge in [0.05, 0.1) is 16.3 Å². The first-order valence-corrected chi connectivity index (χ1v) is 13.5. The molecule has 0 fully saturated rings. The zero-order valence-corrected chi connectivity index (χ0v) is 20.9. The third kappa shape index (κ3) is 4.69. The third-order valence-electron chi connectivity index (χ3n) is 6.45. The lowest BCUT2D eigenvalue weighted by atomic mass is 10.2. The average molecular weight is 501 g/mol. The molecule has 1 N–H and O–H groups in total. The number of nitrogens with zero attached hydrogens (tertiary/aromatic N) is 3. The molecule has 0 radical (unpaired) electrons. The molecule has 7 nitrogen and oxygen atoms in total. The Morgan fingerprint density at radius 3 is 2.28 bits per heavy atom. The number of aromatic nitrogens is 2. The second-order valence-electron chi connectivity index (χ2n) is 8.77. The molecule has 0 saturated carbocycles. The quantitative estimate of drug-likeness (QED) is 0.376. The molecule has 1 aliphatic rings. The summed E-state index contributed by atoms with van der Waals surface area (Å²) in [5.41, 5.74) is 4.25. The van der Waals surface area contributed by atoms with Crippen molar-refractivity contribution in [3.8, 4) is 5.69 Å². The number of para-hydroxylation sites is 1. The number of benzene rings is 3. The number of anilines is 1. The molecule has 1 amide bonds. The number of sulfonamides is 1. The Hall–Kier alpha value is -3.75. The number of carbonyl (C=O) groups excluding carboxylic acids is 1. The van der Waals surface area contributed by atoms with Crippen molar-refractivity contribution in [2.45, 2.75) is 37.6 Å². The zero-order chi connectivity index (χ0) is 25.1. The van der Waals surface area contributed by atoms with Gasteiger partial charge in [-0.25, -0.2) is 13.1 Å². The zero-order valence-electron chi connectivity index (χ0n) is 20.1. The van der Waals surface area contributed by atoms with E-state index >= 15 is 0 Å². The number of amides is 1. The van der Waals surface area contributed by atoms with Crippen molar-refractivity contribution in [1.82, 2.24) is 14.1 Å². The van der Waals surface area contributed by atoms with E-state index in [1.807, 2.05) is 67.6 Å². The van der Waals surface area contributed by atoms with Crippen LogP contribution in [0.4, 0.5) is 5.82 Å². The molecular weight excluding hydrogens is 472 g/mol. The number of nitrogens with one attached hydrogen (secondary N) is 1. The van der Waals surface area contributed by atoms with Gasteiger partial charge in [-0.15, -0.1) is 0 Å². The average Bonchev–Trinajstić information content (AvgIpc) is 3.51. The molecule has 3 aromatic carbocycles. The van der Waals surface area contributed by atoms with E-state index in [2.05, 4.69) is 5.32 Å². The van der Waals surface area contributed by atoms with Gasteiger partial charge in [-0.05, 0) is 61.2 Å². The van der Waals surface area contributed by atoms with Crippen LogP contribution >= 0.6 is 0 Å². The first kappa shape index (κ1) is 24.0. The summed E-state index contributed by atoms with van der Waals surface area (Å²) in [6, 6.07) is 25.3. The molecule has 0 atom stereocenters. The Bertz CT molecular complexity index is 1460. The maximum atomic E-state index is 13.2. The van der Waals surface area contributed by atoms with Gasteiger partial charge in [-0.3, -0.25) is 4.79 Å². The Morgan fingerprint density at radius 1 is 0.944 bits per heavy atom. The van der Waals surface area contributed by atoms with Crippen molar-refractivity contribution < 1.29 is 13.2 Å². The molecular formula is C28H28N4O3S. The van der Waals surface area contributed by atoms with Gasteiger partial charge in [0.2, 0.25) is 10.0 Å². The van der Waals surface area contributed by atoms with Gasteiger partial charge < -0.3 is 5.32 Å². The summed E-state index contributed by atoms with van der Waals surface area (Å²) in [6.45, 7) is 2.45. The molecule has 1 aromatic heterocycles.